The van der Waals surface area contributed by atoms with Crippen LogP contribution < -0.4 is 21.3 Å². The number of aryl methyl sites for hydroxylation is 1. The summed E-state index contributed by atoms with van der Waals surface area (Å²) >= 11 is 0. The number of nitrogens with one attached hydrogen (secondary N) is 4. The van der Waals surface area contributed by atoms with Crippen molar-refractivity contribution in [3.05, 3.63) is 59.9 Å². The van der Waals surface area contributed by atoms with Crippen LogP contribution in [0, 0.1) is 0 Å². The first-order valence-corrected chi connectivity index (χ1v) is 11.0. The van der Waals surface area contributed by atoms with Gasteiger partial charge < -0.3 is 16.0 Å². The molecule has 1 aromatic heterocycles. The number of aromatic nitrogens is 3. The number of carbonyl (C=O) groups is 2. The van der Waals surface area contributed by atoms with Gasteiger partial charge >= 0.3 is 6.03 Å². The molecule has 2 atom stereocenters. The lowest BCUT2D eigenvalue weighted by Gasteiger charge is -2.18. The van der Waals surface area contributed by atoms with Crippen molar-refractivity contribution < 1.29 is 9.59 Å². The lowest BCUT2D eigenvalue weighted by atomic mass is 10.0. The highest BCUT2D eigenvalue weighted by Crippen LogP contribution is 2.26. The second kappa shape index (κ2) is 9.67. The van der Waals surface area contributed by atoms with Gasteiger partial charge in [0, 0.05) is 31.8 Å². The van der Waals surface area contributed by atoms with E-state index in [1.807, 2.05) is 31.3 Å². The Morgan fingerprint density at radius 3 is 2.62 bits per heavy atom. The van der Waals surface area contributed by atoms with Gasteiger partial charge in [-0.1, -0.05) is 37.3 Å². The normalized spacial score (nSPS) is 18.4. The molecule has 1 saturated carbocycles. The highest BCUT2D eigenvalue weighted by Gasteiger charge is 2.29. The average molecular weight is 436 g/mol. The SMILES string of the molecule is CCC(Nc1cc(NC2CC2)n(C)ncc(CC2NC(=O)NC2=O)cn1)c1ccccc1. The van der Waals surface area contributed by atoms with E-state index >= 15 is 0 Å². The second-order valence-corrected chi connectivity index (χ2v) is 8.17. The molecule has 4 rings (SSSR count). The number of imide groups is 1. The van der Waals surface area contributed by atoms with E-state index in [2.05, 4.69) is 45.4 Å². The molecule has 0 radical (unpaired) electrons. The minimum absolute atomic E-state index is 0.0945. The zero-order valence-electron chi connectivity index (χ0n) is 18.3. The standard InChI is InChI=1S/C23H29N7O2/c1-3-18(16-7-5-4-6-8-16)27-20-12-21(26-17-9-10-17)30(2)25-14-15(13-24-20)11-19-22(31)29-23(32)28-19/h4-8,12-14,17-19,26H,3,9-11H2,1-2H3,(H,24,27)(H2,28,29,31,32). The van der Waals surface area contributed by atoms with Gasteiger partial charge in [-0.3, -0.25) is 14.8 Å². The van der Waals surface area contributed by atoms with Crippen LogP contribution in [0.3, 0.4) is 0 Å². The maximum Gasteiger partial charge on any atom is 0.322 e. The van der Waals surface area contributed by atoms with E-state index in [0.717, 1.165) is 30.6 Å². The lowest BCUT2D eigenvalue weighted by Crippen LogP contribution is -2.31. The molecule has 1 saturated heterocycles. The Labute approximate surface area is 187 Å². The molecule has 2 aromatic rings. The van der Waals surface area contributed by atoms with Gasteiger partial charge in [0.05, 0.1) is 12.2 Å². The number of nitrogens with zero attached hydrogens (tertiary/aromatic N) is 3. The van der Waals surface area contributed by atoms with Crippen molar-refractivity contribution in [1.29, 1.82) is 0 Å². The molecule has 9 heteroatoms. The van der Waals surface area contributed by atoms with Crippen LogP contribution in [0.5, 0.6) is 0 Å². The Hall–Kier alpha value is -3.62. The quantitative estimate of drug-likeness (QED) is 0.474. The van der Waals surface area contributed by atoms with Crippen LogP contribution in [0.4, 0.5) is 16.4 Å². The Morgan fingerprint density at radius 2 is 1.97 bits per heavy atom. The molecule has 3 amide bonds. The Bertz CT molecular complexity index is 1030. The van der Waals surface area contributed by atoms with Crippen molar-refractivity contribution in [2.75, 3.05) is 10.6 Å². The second-order valence-electron chi connectivity index (χ2n) is 8.17. The highest BCUT2D eigenvalue weighted by atomic mass is 16.2. The van der Waals surface area contributed by atoms with Gasteiger partial charge in [0.25, 0.3) is 5.91 Å². The van der Waals surface area contributed by atoms with Crippen molar-refractivity contribution in [2.45, 2.75) is 50.7 Å². The highest BCUT2D eigenvalue weighted by molar-refractivity contribution is 6.04. The smallest absolute Gasteiger partial charge is 0.322 e. The summed E-state index contributed by atoms with van der Waals surface area (Å²) in [6.45, 7) is 2.13. The van der Waals surface area contributed by atoms with E-state index in [0.29, 0.717) is 18.3 Å². The molecule has 2 unspecified atom stereocenters. The summed E-state index contributed by atoms with van der Waals surface area (Å²) in [5.74, 6) is 1.20. The van der Waals surface area contributed by atoms with E-state index in [-0.39, 0.29) is 11.9 Å². The number of carbonyl (C=O) groups excluding carboxylic acids is 2. The van der Waals surface area contributed by atoms with Crippen LogP contribution in [0.2, 0.25) is 0 Å². The van der Waals surface area contributed by atoms with Crippen molar-refractivity contribution in [3.63, 3.8) is 0 Å². The first kappa shape index (κ1) is 21.6. The number of hydrogen-bond donors (Lipinski definition) is 4. The predicted octanol–water partition coefficient (Wildman–Crippen LogP) is 2.83. The van der Waals surface area contributed by atoms with Crippen LogP contribution in [-0.2, 0) is 18.3 Å². The molecule has 2 fully saturated rings. The summed E-state index contributed by atoms with van der Waals surface area (Å²) in [5, 5.41) is 16.5. The molecule has 0 spiro atoms. The Kier molecular flexibility index (Phi) is 6.53. The topological polar surface area (TPSA) is 113 Å². The van der Waals surface area contributed by atoms with E-state index in [4.69, 9.17) is 4.98 Å². The Balaban J connectivity index is 1.68. The van der Waals surface area contributed by atoms with Gasteiger partial charge in [-0.15, -0.1) is 0 Å². The van der Waals surface area contributed by atoms with Crippen molar-refractivity contribution in [1.82, 2.24) is 25.4 Å². The number of hydrogen-bond acceptors (Lipinski definition) is 6. The molecule has 4 N–H and O–H groups in total. The van der Waals surface area contributed by atoms with Gasteiger partial charge in [-0.2, -0.15) is 5.10 Å². The number of urea groups is 1. The molecule has 2 heterocycles. The maximum atomic E-state index is 12.0. The van der Waals surface area contributed by atoms with Gasteiger partial charge in [0.15, 0.2) is 0 Å². The summed E-state index contributed by atoms with van der Waals surface area (Å²) in [7, 11) is 1.87. The summed E-state index contributed by atoms with van der Waals surface area (Å²) in [5.41, 5.74) is 1.91. The van der Waals surface area contributed by atoms with E-state index in [1.54, 1.807) is 17.1 Å². The molecular weight excluding hydrogens is 406 g/mol. The summed E-state index contributed by atoms with van der Waals surface area (Å²) in [6, 6.07) is 11.7. The zero-order valence-corrected chi connectivity index (χ0v) is 18.3. The molecule has 0 bridgehead atoms. The number of benzene rings is 1. The van der Waals surface area contributed by atoms with Crippen molar-refractivity contribution >= 4 is 23.6 Å². The lowest BCUT2D eigenvalue weighted by molar-refractivity contribution is -0.120. The Morgan fingerprint density at radius 1 is 1.19 bits per heavy atom. The predicted molar refractivity (Wildman–Crippen MR) is 123 cm³/mol. The largest absolute Gasteiger partial charge is 0.367 e. The van der Waals surface area contributed by atoms with Crippen LogP contribution in [-0.4, -0.2) is 38.8 Å². The third-order valence-corrected chi connectivity index (χ3v) is 5.55. The molecule has 32 heavy (non-hydrogen) atoms. The molecule has 1 aromatic carbocycles. The van der Waals surface area contributed by atoms with Crippen LogP contribution >= 0.6 is 0 Å². The van der Waals surface area contributed by atoms with Gasteiger partial charge in [-0.05, 0) is 30.4 Å². The summed E-state index contributed by atoms with van der Waals surface area (Å²) in [4.78, 5) is 28.2. The van der Waals surface area contributed by atoms with Crippen LogP contribution in [0.15, 0.2) is 48.8 Å². The van der Waals surface area contributed by atoms with Gasteiger partial charge in [-0.25, -0.2) is 9.78 Å². The van der Waals surface area contributed by atoms with Crippen molar-refractivity contribution in [2.24, 2.45) is 7.05 Å². The number of amides is 3. The minimum Gasteiger partial charge on any atom is -0.367 e. The van der Waals surface area contributed by atoms with E-state index in [9.17, 15) is 9.59 Å². The molecule has 168 valence electrons. The zero-order chi connectivity index (χ0) is 22.5. The summed E-state index contributed by atoms with van der Waals surface area (Å²) in [6.07, 6.45) is 6.84. The first-order chi connectivity index (χ1) is 15.5. The van der Waals surface area contributed by atoms with Crippen molar-refractivity contribution in [3.8, 4) is 0 Å². The summed E-state index contributed by atoms with van der Waals surface area (Å²) < 4.78 is 1.77. The van der Waals surface area contributed by atoms with E-state index in [1.165, 1.54) is 5.56 Å². The number of rotatable bonds is 8. The minimum atomic E-state index is -0.636. The fourth-order valence-corrected chi connectivity index (χ4v) is 3.55. The third-order valence-electron chi connectivity index (χ3n) is 5.55. The fraction of sp³-hybridized carbons (Fsp3) is 0.391. The number of anilines is 2. The first-order valence-electron chi connectivity index (χ1n) is 11.0. The third kappa shape index (κ3) is 5.54. The van der Waals surface area contributed by atoms with Gasteiger partial charge in [0.1, 0.15) is 17.7 Å². The van der Waals surface area contributed by atoms with E-state index < -0.39 is 12.1 Å². The molecule has 2 aliphatic rings. The maximum absolute atomic E-state index is 12.0. The monoisotopic (exact) mass is 435 g/mol. The van der Waals surface area contributed by atoms with Gasteiger partial charge in [0.2, 0.25) is 0 Å². The molecule has 1 aliphatic carbocycles. The fourth-order valence-electron chi connectivity index (χ4n) is 3.55. The molecular formula is C23H29N7O2. The molecule has 9 nitrogen and oxygen atoms in total. The van der Waals surface area contributed by atoms with Crippen LogP contribution in [0.1, 0.15) is 43.4 Å². The molecule has 1 aliphatic heterocycles. The average Bonchev–Trinajstić information content (AvgIpc) is 3.54. The van der Waals surface area contributed by atoms with Crippen LogP contribution in [0.25, 0.3) is 0 Å².